The fourth-order valence-electron chi connectivity index (χ4n) is 2.87. The van der Waals surface area contributed by atoms with Crippen molar-refractivity contribution in [2.45, 2.75) is 18.4 Å². The van der Waals surface area contributed by atoms with Gasteiger partial charge in [-0.25, -0.2) is 13.9 Å². The van der Waals surface area contributed by atoms with Crippen LogP contribution in [0.3, 0.4) is 0 Å². The van der Waals surface area contributed by atoms with Gasteiger partial charge in [0.15, 0.2) is 11.6 Å². The highest BCUT2D eigenvalue weighted by Gasteiger charge is 2.29. The van der Waals surface area contributed by atoms with Gasteiger partial charge in [-0.05, 0) is 36.7 Å². The van der Waals surface area contributed by atoms with Gasteiger partial charge >= 0.3 is 0 Å². The van der Waals surface area contributed by atoms with E-state index in [1.165, 1.54) is 24.3 Å². The number of aromatic amines is 1. The Morgan fingerprint density at radius 3 is 2.68 bits per heavy atom. The van der Waals surface area contributed by atoms with Crippen LogP contribution in [0.5, 0.6) is 0 Å². The van der Waals surface area contributed by atoms with Crippen LogP contribution >= 0.6 is 12.4 Å². The monoisotopic (exact) mass is 370 g/mol. The average Bonchev–Trinajstić information content (AvgIpc) is 2.58. The molecule has 1 fully saturated rings. The predicted molar refractivity (Wildman–Crippen MR) is 89.9 cm³/mol. The number of aromatic nitrogens is 2. The SMILES string of the molecule is Cl.O=C(NC1CNCCC1c1ccc(F)c(F)c1)c1ccc(=O)[nH]n1. The quantitative estimate of drug-likeness (QED) is 0.761. The van der Waals surface area contributed by atoms with Gasteiger partial charge in [0, 0.05) is 24.6 Å². The molecule has 0 radical (unpaired) electrons. The summed E-state index contributed by atoms with van der Waals surface area (Å²) in [7, 11) is 0. The summed E-state index contributed by atoms with van der Waals surface area (Å²) in [6, 6.07) is 6.04. The summed E-state index contributed by atoms with van der Waals surface area (Å²) in [5.41, 5.74) is 0.324. The van der Waals surface area contributed by atoms with Crippen molar-refractivity contribution in [3.63, 3.8) is 0 Å². The van der Waals surface area contributed by atoms with Crippen molar-refractivity contribution in [1.29, 1.82) is 0 Å². The first-order valence-corrected chi connectivity index (χ1v) is 7.57. The van der Waals surface area contributed by atoms with Gasteiger partial charge in [0.1, 0.15) is 5.69 Å². The Balaban J connectivity index is 0.00000225. The van der Waals surface area contributed by atoms with Crippen LogP contribution in [0.2, 0.25) is 0 Å². The van der Waals surface area contributed by atoms with Gasteiger partial charge < -0.3 is 10.6 Å². The second-order valence-corrected chi connectivity index (χ2v) is 5.66. The molecular formula is C16H17ClF2N4O2. The van der Waals surface area contributed by atoms with Crippen molar-refractivity contribution in [2.24, 2.45) is 0 Å². The van der Waals surface area contributed by atoms with Crippen LogP contribution < -0.4 is 16.2 Å². The van der Waals surface area contributed by atoms with E-state index >= 15 is 0 Å². The van der Waals surface area contributed by atoms with Gasteiger partial charge in [-0.1, -0.05) is 6.07 Å². The second-order valence-electron chi connectivity index (χ2n) is 5.66. The Morgan fingerprint density at radius 2 is 2.00 bits per heavy atom. The number of nitrogens with one attached hydrogen (secondary N) is 3. The van der Waals surface area contributed by atoms with E-state index in [1.807, 2.05) is 0 Å². The molecule has 1 saturated heterocycles. The Hall–Kier alpha value is -2.32. The maximum atomic E-state index is 13.5. The Kier molecular flexibility index (Phi) is 6.22. The van der Waals surface area contributed by atoms with E-state index in [4.69, 9.17) is 0 Å². The van der Waals surface area contributed by atoms with Crippen molar-refractivity contribution in [2.75, 3.05) is 13.1 Å². The van der Waals surface area contributed by atoms with Crippen molar-refractivity contribution < 1.29 is 13.6 Å². The van der Waals surface area contributed by atoms with Crippen LogP contribution in [0, 0.1) is 11.6 Å². The molecule has 0 aliphatic carbocycles. The molecule has 2 atom stereocenters. The molecule has 1 amide bonds. The van der Waals surface area contributed by atoms with Crippen LogP contribution in [0.1, 0.15) is 28.4 Å². The lowest BCUT2D eigenvalue weighted by atomic mass is 9.86. The summed E-state index contributed by atoms with van der Waals surface area (Å²) >= 11 is 0. The largest absolute Gasteiger partial charge is 0.346 e. The number of halogens is 3. The number of carbonyl (C=O) groups is 1. The standard InChI is InChI=1S/C16H16F2N4O2.ClH/c17-11-2-1-9(7-12(11)18)10-5-6-19-8-14(10)20-16(24)13-3-4-15(23)22-21-13;/h1-4,7,10,14,19H,5-6,8H2,(H,20,24)(H,22,23);1H. The molecule has 0 bridgehead atoms. The zero-order valence-corrected chi connectivity index (χ0v) is 13.9. The van der Waals surface area contributed by atoms with Crippen LogP contribution in [0.4, 0.5) is 8.78 Å². The third kappa shape index (κ3) is 4.40. The molecule has 0 spiro atoms. The number of nitrogens with zero attached hydrogens (tertiary/aromatic N) is 1. The summed E-state index contributed by atoms with van der Waals surface area (Å²) in [4.78, 5) is 23.3. The lowest BCUT2D eigenvalue weighted by Gasteiger charge is -2.33. The highest BCUT2D eigenvalue weighted by atomic mass is 35.5. The molecule has 1 aromatic carbocycles. The van der Waals surface area contributed by atoms with E-state index in [0.29, 0.717) is 25.1 Å². The molecule has 0 saturated carbocycles. The first-order chi connectivity index (χ1) is 11.5. The molecule has 134 valence electrons. The van der Waals surface area contributed by atoms with Gasteiger partial charge in [0.25, 0.3) is 11.5 Å². The molecule has 3 N–H and O–H groups in total. The topological polar surface area (TPSA) is 86.9 Å². The Morgan fingerprint density at radius 1 is 1.20 bits per heavy atom. The molecule has 2 unspecified atom stereocenters. The highest BCUT2D eigenvalue weighted by Crippen LogP contribution is 2.27. The molecule has 1 aliphatic heterocycles. The molecule has 1 aromatic heterocycles. The zero-order chi connectivity index (χ0) is 17.1. The molecule has 9 heteroatoms. The van der Waals surface area contributed by atoms with E-state index in [9.17, 15) is 18.4 Å². The van der Waals surface area contributed by atoms with Gasteiger partial charge in [0.05, 0.1) is 0 Å². The highest BCUT2D eigenvalue weighted by molar-refractivity contribution is 5.92. The van der Waals surface area contributed by atoms with Gasteiger partial charge in [-0.2, -0.15) is 5.10 Å². The second kappa shape index (κ2) is 8.17. The summed E-state index contributed by atoms with van der Waals surface area (Å²) in [6.45, 7) is 1.21. The molecule has 6 nitrogen and oxygen atoms in total. The maximum absolute atomic E-state index is 13.5. The third-order valence-electron chi connectivity index (χ3n) is 4.08. The minimum Gasteiger partial charge on any atom is -0.346 e. The summed E-state index contributed by atoms with van der Waals surface area (Å²) in [6.07, 6.45) is 0.676. The van der Waals surface area contributed by atoms with Crippen molar-refractivity contribution in [1.82, 2.24) is 20.8 Å². The van der Waals surface area contributed by atoms with E-state index < -0.39 is 23.1 Å². The van der Waals surface area contributed by atoms with Crippen molar-refractivity contribution in [3.8, 4) is 0 Å². The molecule has 25 heavy (non-hydrogen) atoms. The molecule has 2 heterocycles. The number of carbonyl (C=O) groups excluding carboxylic acids is 1. The van der Waals surface area contributed by atoms with Crippen molar-refractivity contribution >= 4 is 18.3 Å². The van der Waals surface area contributed by atoms with Crippen LogP contribution in [0.15, 0.2) is 35.1 Å². The summed E-state index contributed by atoms with van der Waals surface area (Å²) in [5.74, 6) is -2.38. The Bertz CT molecular complexity index is 794. The van der Waals surface area contributed by atoms with E-state index in [0.717, 1.165) is 6.07 Å². The first-order valence-electron chi connectivity index (χ1n) is 7.57. The Labute approximate surface area is 148 Å². The van der Waals surface area contributed by atoms with Gasteiger partial charge in [-0.15, -0.1) is 12.4 Å². The molecule has 2 aromatic rings. The predicted octanol–water partition coefficient (Wildman–Crippen LogP) is 1.35. The third-order valence-corrected chi connectivity index (χ3v) is 4.08. The average molecular weight is 371 g/mol. The number of benzene rings is 1. The van der Waals surface area contributed by atoms with Crippen molar-refractivity contribution in [3.05, 3.63) is 63.6 Å². The number of hydrogen-bond donors (Lipinski definition) is 3. The number of H-pyrrole nitrogens is 1. The molecule has 3 rings (SSSR count). The van der Waals surface area contributed by atoms with E-state index in [1.54, 1.807) is 0 Å². The number of amides is 1. The fourth-order valence-corrected chi connectivity index (χ4v) is 2.87. The van der Waals surface area contributed by atoms with Crippen LogP contribution in [0.25, 0.3) is 0 Å². The maximum Gasteiger partial charge on any atom is 0.271 e. The molecular weight excluding hydrogens is 354 g/mol. The smallest absolute Gasteiger partial charge is 0.271 e. The van der Waals surface area contributed by atoms with E-state index in [-0.39, 0.29) is 30.1 Å². The summed E-state index contributed by atoms with van der Waals surface area (Å²) < 4.78 is 26.6. The lowest BCUT2D eigenvalue weighted by molar-refractivity contribution is 0.0918. The van der Waals surface area contributed by atoms with Crippen LogP contribution in [-0.4, -0.2) is 35.2 Å². The minimum atomic E-state index is -0.904. The van der Waals surface area contributed by atoms with Crippen LogP contribution in [-0.2, 0) is 0 Å². The number of hydrogen-bond acceptors (Lipinski definition) is 4. The zero-order valence-electron chi connectivity index (χ0n) is 13.1. The fraction of sp³-hybridized carbons (Fsp3) is 0.312. The summed E-state index contributed by atoms with van der Waals surface area (Å²) in [5, 5.41) is 11.9. The van der Waals surface area contributed by atoms with Gasteiger partial charge in [-0.3, -0.25) is 9.59 Å². The van der Waals surface area contributed by atoms with E-state index in [2.05, 4.69) is 20.8 Å². The number of piperidine rings is 1. The lowest BCUT2D eigenvalue weighted by Crippen LogP contribution is -2.50. The number of rotatable bonds is 3. The van der Waals surface area contributed by atoms with Gasteiger partial charge in [0.2, 0.25) is 0 Å². The minimum absolute atomic E-state index is 0. The first kappa shape index (κ1) is 19.0. The molecule has 1 aliphatic rings. The normalized spacial score (nSPS) is 19.8.